The number of aromatic nitrogens is 1. The molecule has 0 saturated carbocycles. The van der Waals surface area contributed by atoms with E-state index < -0.39 is 9.05 Å². The summed E-state index contributed by atoms with van der Waals surface area (Å²) in [5.41, 5.74) is 0.458. The molecule has 1 aromatic heterocycles. The third-order valence-electron chi connectivity index (χ3n) is 2.90. The molecule has 0 fully saturated rings. The Labute approximate surface area is 127 Å². The Balaban J connectivity index is 2.29. The highest BCUT2D eigenvalue weighted by molar-refractivity contribution is 8.14. The van der Waals surface area contributed by atoms with Gasteiger partial charge in [-0.1, -0.05) is 0 Å². The first-order valence-corrected chi connectivity index (χ1v) is 8.67. The molecule has 1 aromatic carbocycles. The first-order valence-electron chi connectivity index (χ1n) is 6.36. The third kappa shape index (κ3) is 3.84. The molecular formula is C14H13ClN2O3S. The van der Waals surface area contributed by atoms with Crippen molar-refractivity contribution in [2.45, 2.75) is 24.2 Å². The fourth-order valence-corrected chi connectivity index (χ4v) is 3.00. The first-order chi connectivity index (χ1) is 10.0. The molecule has 2 aromatic rings. The number of benzene rings is 1. The molecule has 0 N–H and O–H groups in total. The zero-order valence-electron chi connectivity index (χ0n) is 11.1. The molecule has 21 heavy (non-hydrogen) atoms. The Morgan fingerprint density at radius 3 is 2.81 bits per heavy atom. The number of hydrogen-bond donors (Lipinski definition) is 0. The summed E-state index contributed by atoms with van der Waals surface area (Å²) in [6.07, 6.45) is 3.56. The Morgan fingerprint density at radius 2 is 2.10 bits per heavy atom. The molecule has 0 unspecified atom stereocenters. The quantitative estimate of drug-likeness (QED) is 0.602. The lowest BCUT2D eigenvalue weighted by Gasteiger charge is -2.10. The number of halogens is 1. The molecule has 0 aliphatic heterocycles. The minimum Gasteiger partial charge on any atom is -0.491 e. The van der Waals surface area contributed by atoms with E-state index >= 15 is 0 Å². The maximum absolute atomic E-state index is 11.6. The summed E-state index contributed by atoms with van der Waals surface area (Å²) in [5.74, 6) is 0.506. The van der Waals surface area contributed by atoms with Gasteiger partial charge in [0.1, 0.15) is 11.3 Å². The molecule has 0 saturated heterocycles. The van der Waals surface area contributed by atoms with Crippen molar-refractivity contribution in [2.75, 3.05) is 6.61 Å². The smallest absolute Gasteiger partial charge is 0.261 e. The average molecular weight is 325 g/mol. The first kappa shape index (κ1) is 15.5. The Bertz CT molecular complexity index is 784. The summed E-state index contributed by atoms with van der Waals surface area (Å²) in [7, 11) is 1.59. The molecule has 0 bridgehead atoms. The molecule has 0 radical (unpaired) electrons. The normalized spacial score (nSPS) is 11.2. The second kappa shape index (κ2) is 6.74. The molecule has 2 rings (SSSR count). The van der Waals surface area contributed by atoms with Crippen molar-refractivity contribution in [3.05, 3.63) is 30.5 Å². The van der Waals surface area contributed by atoms with E-state index in [-0.39, 0.29) is 4.90 Å². The van der Waals surface area contributed by atoms with Crippen molar-refractivity contribution >= 4 is 30.6 Å². The van der Waals surface area contributed by atoms with E-state index in [1.54, 1.807) is 24.4 Å². The summed E-state index contributed by atoms with van der Waals surface area (Å²) in [4.78, 5) is 4.19. The molecule has 0 spiro atoms. The van der Waals surface area contributed by atoms with Gasteiger partial charge in [-0.25, -0.2) is 8.42 Å². The van der Waals surface area contributed by atoms with Crippen LogP contribution in [0, 0.1) is 11.3 Å². The number of nitrogens with zero attached hydrogens (tertiary/aromatic N) is 2. The monoisotopic (exact) mass is 324 g/mol. The van der Waals surface area contributed by atoms with Crippen molar-refractivity contribution < 1.29 is 13.2 Å². The topological polar surface area (TPSA) is 80.0 Å². The van der Waals surface area contributed by atoms with E-state index in [4.69, 9.17) is 20.7 Å². The van der Waals surface area contributed by atoms with E-state index in [2.05, 4.69) is 11.1 Å². The van der Waals surface area contributed by atoms with E-state index in [0.29, 0.717) is 29.7 Å². The van der Waals surface area contributed by atoms with Gasteiger partial charge in [0.2, 0.25) is 0 Å². The van der Waals surface area contributed by atoms with Gasteiger partial charge in [-0.05, 0) is 37.1 Å². The fraction of sp³-hybridized carbons (Fsp3) is 0.286. The van der Waals surface area contributed by atoms with E-state index in [9.17, 15) is 8.42 Å². The molecule has 110 valence electrons. The average Bonchev–Trinajstić information content (AvgIpc) is 2.45. The summed E-state index contributed by atoms with van der Waals surface area (Å²) in [5, 5.41) is 8.89. The summed E-state index contributed by atoms with van der Waals surface area (Å²) in [6, 6.07) is 8.32. The van der Waals surface area contributed by atoms with Gasteiger partial charge in [0, 0.05) is 28.7 Å². The molecular weight excluding hydrogens is 312 g/mol. The molecule has 0 aliphatic rings. The lowest BCUT2D eigenvalue weighted by molar-refractivity contribution is 0.310. The van der Waals surface area contributed by atoms with Crippen LogP contribution in [0.5, 0.6) is 5.75 Å². The molecule has 1 heterocycles. The van der Waals surface area contributed by atoms with Gasteiger partial charge in [-0.15, -0.1) is 0 Å². The van der Waals surface area contributed by atoms with Crippen LogP contribution < -0.4 is 4.74 Å². The maximum Gasteiger partial charge on any atom is 0.261 e. The third-order valence-corrected chi connectivity index (χ3v) is 4.28. The van der Waals surface area contributed by atoms with Crippen molar-refractivity contribution in [2.24, 2.45) is 0 Å². The Morgan fingerprint density at radius 1 is 1.29 bits per heavy atom. The predicted molar refractivity (Wildman–Crippen MR) is 79.7 cm³/mol. The lowest BCUT2D eigenvalue weighted by atomic mass is 10.2. The number of nitriles is 1. The fourth-order valence-electron chi connectivity index (χ4n) is 1.94. The lowest BCUT2D eigenvalue weighted by Crippen LogP contribution is -2.00. The van der Waals surface area contributed by atoms with Crippen LogP contribution in [0.15, 0.2) is 35.4 Å². The van der Waals surface area contributed by atoms with Crippen LogP contribution in [0.1, 0.15) is 19.3 Å². The standard InChI is InChI=1S/C14H13ClN2O3S/c15-21(18,19)13-7-6-12(20-10-3-1-2-8-16)14-11(13)5-4-9-17-14/h4-7,9H,1-3,10H2. The van der Waals surface area contributed by atoms with Crippen LogP contribution in [0.25, 0.3) is 10.9 Å². The molecule has 0 amide bonds. The second-order valence-electron chi connectivity index (χ2n) is 4.36. The largest absolute Gasteiger partial charge is 0.491 e. The van der Waals surface area contributed by atoms with Gasteiger partial charge in [-0.2, -0.15) is 5.26 Å². The number of rotatable bonds is 6. The van der Waals surface area contributed by atoms with E-state index in [1.165, 1.54) is 6.07 Å². The zero-order valence-corrected chi connectivity index (χ0v) is 12.7. The molecule has 0 aliphatic carbocycles. The summed E-state index contributed by atoms with van der Waals surface area (Å²) >= 11 is 0. The maximum atomic E-state index is 11.6. The number of pyridine rings is 1. The van der Waals surface area contributed by atoms with Gasteiger partial charge in [0.15, 0.2) is 0 Å². The van der Waals surface area contributed by atoms with Gasteiger partial charge < -0.3 is 4.74 Å². The molecule has 5 nitrogen and oxygen atoms in total. The van der Waals surface area contributed by atoms with E-state index in [0.717, 1.165) is 12.8 Å². The van der Waals surface area contributed by atoms with Gasteiger partial charge in [-0.3, -0.25) is 4.98 Å². The van der Waals surface area contributed by atoms with Crippen LogP contribution >= 0.6 is 10.7 Å². The van der Waals surface area contributed by atoms with Crippen LogP contribution in [0.2, 0.25) is 0 Å². The van der Waals surface area contributed by atoms with Crippen molar-refractivity contribution in [3.8, 4) is 11.8 Å². The second-order valence-corrected chi connectivity index (χ2v) is 6.90. The van der Waals surface area contributed by atoms with Crippen LogP contribution in [-0.2, 0) is 9.05 Å². The highest BCUT2D eigenvalue weighted by Crippen LogP contribution is 2.31. The number of unbranched alkanes of at least 4 members (excludes halogenated alkanes) is 2. The number of ether oxygens (including phenoxy) is 1. The van der Waals surface area contributed by atoms with E-state index in [1.807, 2.05) is 0 Å². The Hall–Kier alpha value is -1.84. The molecule has 0 atom stereocenters. The minimum absolute atomic E-state index is 0.0177. The van der Waals surface area contributed by atoms with Crippen LogP contribution in [-0.4, -0.2) is 20.0 Å². The SMILES string of the molecule is N#CCCCCOc1ccc(S(=O)(=O)Cl)c2cccnc12. The van der Waals surface area contributed by atoms with Crippen molar-refractivity contribution in [1.29, 1.82) is 5.26 Å². The van der Waals surface area contributed by atoms with Crippen LogP contribution in [0.3, 0.4) is 0 Å². The van der Waals surface area contributed by atoms with Crippen molar-refractivity contribution in [1.82, 2.24) is 4.98 Å². The van der Waals surface area contributed by atoms with Crippen LogP contribution in [0.4, 0.5) is 0 Å². The minimum atomic E-state index is -3.84. The highest BCUT2D eigenvalue weighted by atomic mass is 35.7. The van der Waals surface area contributed by atoms with Gasteiger partial charge in [0.05, 0.1) is 17.6 Å². The highest BCUT2D eigenvalue weighted by Gasteiger charge is 2.17. The number of fused-ring (bicyclic) bond motifs is 1. The molecule has 7 heteroatoms. The predicted octanol–water partition coefficient (Wildman–Crippen LogP) is 3.23. The van der Waals surface area contributed by atoms with Crippen molar-refractivity contribution in [3.63, 3.8) is 0 Å². The zero-order chi connectivity index (χ0) is 15.3. The summed E-state index contributed by atoms with van der Waals surface area (Å²) in [6.45, 7) is 0.445. The van der Waals surface area contributed by atoms with Gasteiger partial charge >= 0.3 is 0 Å². The van der Waals surface area contributed by atoms with Gasteiger partial charge in [0.25, 0.3) is 9.05 Å². The summed E-state index contributed by atoms with van der Waals surface area (Å²) < 4.78 is 28.7. The Kier molecular flexibility index (Phi) is 4.99. The number of hydrogen-bond acceptors (Lipinski definition) is 5.